The molecule has 0 radical (unpaired) electrons. The van der Waals surface area contributed by atoms with Gasteiger partial charge in [0.2, 0.25) is 0 Å². The van der Waals surface area contributed by atoms with E-state index in [0.717, 1.165) is 42.8 Å². The Kier molecular flexibility index (Phi) is 7.56. The fourth-order valence-electron chi connectivity index (χ4n) is 8.95. The molecule has 4 fully saturated rings. The zero-order valence-electron chi connectivity index (χ0n) is 20.3. The zero-order chi connectivity index (χ0) is 21.2. The maximum Gasteiger partial charge on any atom is 0.133 e. The quantitative estimate of drug-likeness (QED) is 0.480. The first-order valence-corrected chi connectivity index (χ1v) is 13.0. The van der Waals surface area contributed by atoms with Crippen molar-refractivity contribution in [2.24, 2.45) is 46.3 Å². The van der Waals surface area contributed by atoms with Crippen LogP contribution < -0.4 is 0 Å². The van der Waals surface area contributed by atoms with E-state index in [4.69, 9.17) is 4.74 Å². The summed E-state index contributed by atoms with van der Waals surface area (Å²) in [5.41, 5.74) is 0.905. The van der Waals surface area contributed by atoms with E-state index in [-0.39, 0.29) is 0 Å². The van der Waals surface area contributed by atoms with Crippen molar-refractivity contribution in [3.05, 3.63) is 0 Å². The Morgan fingerprint density at radius 1 is 0.966 bits per heavy atom. The van der Waals surface area contributed by atoms with Crippen LogP contribution in [0.15, 0.2) is 0 Å². The van der Waals surface area contributed by atoms with Gasteiger partial charge in [0.15, 0.2) is 0 Å². The van der Waals surface area contributed by atoms with Gasteiger partial charge in [-0.05, 0) is 118 Å². The fraction of sp³-hybridized carbons (Fsp3) is 0.963. The van der Waals surface area contributed by atoms with E-state index < -0.39 is 0 Å². The van der Waals surface area contributed by atoms with E-state index in [1.807, 2.05) is 20.8 Å². The highest BCUT2D eigenvalue weighted by Crippen LogP contribution is 2.68. The Labute approximate surface area is 180 Å². The predicted octanol–water partition coefficient (Wildman–Crippen LogP) is 7.30. The molecule has 0 aromatic rings. The summed E-state index contributed by atoms with van der Waals surface area (Å²) in [5.74, 6) is 5.18. The Morgan fingerprint density at radius 2 is 1.72 bits per heavy atom. The van der Waals surface area contributed by atoms with Crippen LogP contribution in [0.2, 0.25) is 0 Å². The van der Waals surface area contributed by atoms with Gasteiger partial charge in [0, 0.05) is 19.1 Å². The van der Waals surface area contributed by atoms with E-state index in [2.05, 4.69) is 20.8 Å². The van der Waals surface area contributed by atoms with Gasteiger partial charge in [-0.1, -0.05) is 27.7 Å². The standard InChI is InChI=1S/C25H42O2.C2H6/c1-5-25-14-11-18(16-27-6-2)15-19(25)7-8-20-22-10-9-21(17(3)26)24(22,4)13-12-23(20)25;1-2/h18-23H,5-16H2,1-4H3;1-2H3. The molecule has 0 aromatic heterocycles. The first-order valence-electron chi connectivity index (χ1n) is 13.0. The minimum Gasteiger partial charge on any atom is -0.381 e. The number of ketones is 1. The van der Waals surface area contributed by atoms with Crippen molar-refractivity contribution >= 4 is 5.78 Å². The van der Waals surface area contributed by atoms with Crippen LogP contribution in [0.3, 0.4) is 0 Å². The lowest BCUT2D eigenvalue weighted by Crippen LogP contribution is -2.55. The van der Waals surface area contributed by atoms with Crippen molar-refractivity contribution in [3.63, 3.8) is 0 Å². The van der Waals surface area contributed by atoms with Gasteiger partial charge in [-0.3, -0.25) is 4.79 Å². The molecule has 2 heteroatoms. The lowest BCUT2D eigenvalue weighted by Gasteiger charge is -2.62. The van der Waals surface area contributed by atoms with Crippen LogP contribution in [0.5, 0.6) is 0 Å². The van der Waals surface area contributed by atoms with Crippen LogP contribution in [0.1, 0.15) is 106 Å². The smallest absolute Gasteiger partial charge is 0.133 e. The lowest BCUT2D eigenvalue weighted by atomic mass is 9.43. The topological polar surface area (TPSA) is 26.3 Å². The van der Waals surface area contributed by atoms with Gasteiger partial charge in [-0.15, -0.1) is 0 Å². The molecule has 0 aromatic carbocycles. The first kappa shape index (κ1) is 23.3. The van der Waals surface area contributed by atoms with E-state index in [1.165, 1.54) is 64.2 Å². The lowest BCUT2D eigenvalue weighted by molar-refractivity contribution is -0.141. The molecule has 8 atom stereocenters. The van der Waals surface area contributed by atoms with Crippen LogP contribution in [0, 0.1) is 46.3 Å². The normalized spacial score (nSPS) is 46.0. The Bertz CT molecular complexity index is 557. The van der Waals surface area contributed by atoms with Gasteiger partial charge in [-0.25, -0.2) is 0 Å². The van der Waals surface area contributed by atoms with E-state index in [9.17, 15) is 4.79 Å². The number of Topliss-reactive ketones (excluding diaryl/α,β-unsaturated/α-hetero) is 1. The maximum absolute atomic E-state index is 12.3. The molecule has 168 valence electrons. The van der Waals surface area contributed by atoms with Crippen molar-refractivity contribution in [3.8, 4) is 0 Å². The first-order chi connectivity index (χ1) is 14.0. The summed E-state index contributed by atoms with van der Waals surface area (Å²) < 4.78 is 5.80. The predicted molar refractivity (Wildman–Crippen MR) is 122 cm³/mol. The van der Waals surface area contributed by atoms with Crippen LogP contribution in [-0.4, -0.2) is 19.0 Å². The molecule has 0 bridgehead atoms. The number of carbonyl (C=O) groups is 1. The van der Waals surface area contributed by atoms with Crippen molar-refractivity contribution in [2.75, 3.05) is 13.2 Å². The Hall–Kier alpha value is -0.370. The number of carbonyl (C=O) groups excluding carboxylic acids is 1. The Balaban J connectivity index is 0.00000117. The van der Waals surface area contributed by atoms with Gasteiger partial charge in [-0.2, -0.15) is 0 Å². The monoisotopic (exact) mass is 404 g/mol. The number of hydrogen-bond donors (Lipinski definition) is 0. The van der Waals surface area contributed by atoms with Gasteiger partial charge >= 0.3 is 0 Å². The summed E-state index contributed by atoms with van der Waals surface area (Å²) in [5, 5.41) is 0. The largest absolute Gasteiger partial charge is 0.381 e. The number of ether oxygens (including phenoxy) is 1. The molecule has 0 spiro atoms. The molecule has 4 rings (SSSR count). The molecule has 8 unspecified atom stereocenters. The Morgan fingerprint density at radius 3 is 2.38 bits per heavy atom. The van der Waals surface area contributed by atoms with Crippen molar-refractivity contribution in [1.29, 1.82) is 0 Å². The molecule has 0 N–H and O–H groups in total. The molecule has 29 heavy (non-hydrogen) atoms. The van der Waals surface area contributed by atoms with Crippen molar-refractivity contribution in [1.82, 2.24) is 0 Å². The average Bonchev–Trinajstić information content (AvgIpc) is 3.10. The minimum absolute atomic E-state index is 0.306. The fourth-order valence-corrected chi connectivity index (χ4v) is 8.95. The number of hydrogen-bond acceptors (Lipinski definition) is 2. The number of fused-ring (bicyclic) bond motifs is 5. The van der Waals surface area contributed by atoms with Crippen LogP contribution in [0.25, 0.3) is 0 Å². The molecular formula is C27H48O2. The average molecular weight is 405 g/mol. The van der Waals surface area contributed by atoms with E-state index in [1.54, 1.807) is 0 Å². The van der Waals surface area contributed by atoms with Crippen LogP contribution in [0.4, 0.5) is 0 Å². The third kappa shape index (κ3) is 3.85. The zero-order valence-corrected chi connectivity index (χ0v) is 20.3. The van der Waals surface area contributed by atoms with Gasteiger partial charge in [0.25, 0.3) is 0 Å². The summed E-state index contributed by atoms with van der Waals surface area (Å²) >= 11 is 0. The molecule has 4 aliphatic rings. The second kappa shape index (κ2) is 9.41. The van der Waals surface area contributed by atoms with Crippen LogP contribution >= 0.6 is 0 Å². The third-order valence-electron chi connectivity index (χ3n) is 10.2. The number of rotatable bonds is 5. The molecule has 2 nitrogen and oxygen atoms in total. The molecule has 4 aliphatic carbocycles. The highest BCUT2D eigenvalue weighted by molar-refractivity contribution is 5.79. The van der Waals surface area contributed by atoms with Crippen molar-refractivity contribution in [2.45, 2.75) is 106 Å². The minimum atomic E-state index is 0.306. The SMILES string of the molecule is CC.CCOCC1CCC2(CC)C(CCC3C4CCC(C(C)=O)C4(C)CCC32)C1. The summed E-state index contributed by atoms with van der Waals surface area (Å²) in [6, 6.07) is 0. The highest BCUT2D eigenvalue weighted by atomic mass is 16.5. The summed E-state index contributed by atoms with van der Waals surface area (Å²) in [7, 11) is 0. The summed E-state index contributed by atoms with van der Waals surface area (Å²) in [4.78, 5) is 12.3. The molecule has 0 amide bonds. The van der Waals surface area contributed by atoms with Gasteiger partial charge in [0.1, 0.15) is 5.78 Å². The maximum atomic E-state index is 12.3. The second-order valence-corrected chi connectivity index (χ2v) is 10.8. The molecule has 0 saturated heterocycles. The van der Waals surface area contributed by atoms with Gasteiger partial charge < -0.3 is 4.74 Å². The van der Waals surface area contributed by atoms with Crippen LogP contribution in [-0.2, 0) is 9.53 Å². The van der Waals surface area contributed by atoms with Crippen molar-refractivity contribution < 1.29 is 9.53 Å². The molecule has 0 aliphatic heterocycles. The summed E-state index contributed by atoms with van der Waals surface area (Å²) in [6.07, 6.45) is 13.7. The molecule has 0 heterocycles. The third-order valence-corrected chi connectivity index (χ3v) is 10.2. The highest BCUT2D eigenvalue weighted by Gasteiger charge is 2.61. The van der Waals surface area contributed by atoms with E-state index in [0.29, 0.717) is 22.5 Å². The second-order valence-electron chi connectivity index (χ2n) is 10.8. The summed E-state index contributed by atoms with van der Waals surface area (Å²) in [6.45, 7) is 14.8. The molecule has 4 saturated carbocycles. The van der Waals surface area contributed by atoms with E-state index >= 15 is 0 Å². The molecular weight excluding hydrogens is 356 g/mol. The van der Waals surface area contributed by atoms with Gasteiger partial charge in [0.05, 0.1) is 0 Å².